The maximum atomic E-state index is 12.6. The molecule has 0 aliphatic carbocycles. The van der Waals surface area contributed by atoms with E-state index >= 15 is 0 Å². The molecule has 140 valence electrons. The van der Waals surface area contributed by atoms with Gasteiger partial charge in [-0.25, -0.2) is 0 Å². The van der Waals surface area contributed by atoms with Gasteiger partial charge in [0.05, 0.1) is 16.8 Å². The van der Waals surface area contributed by atoms with E-state index in [9.17, 15) is 19.5 Å². The molecule has 0 atom stereocenters. The van der Waals surface area contributed by atoms with Crippen molar-refractivity contribution in [3.8, 4) is 5.75 Å². The van der Waals surface area contributed by atoms with Crippen LogP contribution in [-0.4, -0.2) is 34.3 Å². The summed E-state index contributed by atoms with van der Waals surface area (Å²) in [5, 5.41) is 12.7. The highest BCUT2D eigenvalue weighted by Gasteiger charge is 2.35. The molecule has 0 radical (unpaired) electrons. The summed E-state index contributed by atoms with van der Waals surface area (Å²) in [5.41, 5.74) is 0.881. The zero-order valence-electron chi connectivity index (χ0n) is 15.0. The Morgan fingerprint density at radius 3 is 2.52 bits per heavy atom. The lowest BCUT2D eigenvalue weighted by Crippen LogP contribution is -2.31. The van der Waals surface area contributed by atoms with Gasteiger partial charge in [-0.15, -0.1) is 0 Å². The minimum atomic E-state index is -0.517. The second-order valence-corrected chi connectivity index (χ2v) is 7.26. The highest BCUT2D eigenvalue weighted by Crippen LogP contribution is 2.28. The van der Waals surface area contributed by atoms with Gasteiger partial charge in [-0.2, -0.15) is 0 Å². The predicted molar refractivity (Wildman–Crippen MR) is 102 cm³/mol. The van der Waals surface area contributed by atoms with Crippen molar-refractivity contribution in [2.45, 2.75) is 20.3 Å². The molecule has 0 saturated carbocycles. The smallest absolute Gasteiger partial charge is 0.261 e. The third-order valence-electron chi connectivity index (χ3n) is 4.37. The quantitative estimate of drug-likeness (QED) is 0.602. The molecule has 7 heteroatoms. The average Bonchev–Trinajstić information content (AvgIpc) is 2.86. The molecule has 27 heavy (non-hydrogen) atoms. The highest BCUT2D eigenvalue weighted by atomic mass is 35.5. The topological polar surface area (TPSA) is 86.7 Å². The minimum absolute atomic E-state index is 0.125. The summed E-state index contributed by atoms with van der Waals surface area (Å²) in [5.74, 6) is -1.01. The van der Waals surface area contributed by atoms with Crippen LogP contribution in [0.2, 0.25) is 5.02 Å². The Morgan fingerprint density at radius 1 is 1.11 bits per heavy atom. The first-order valence-electron chi connectivity index (χ1n) is 8.58. The molecule has 2 N–H and O–H groups in total. The lowest BCUT2D eigenvalue weighted by Gasteiger charge is -2.14. The SMILES string of the molecule is CC(C)CCN1C(=O)c2ccc(C(=O)Nc3cc(Cl)ccc3O)cc2C1=O. The molecule has 3 amide bonds. The number of fused-ring (bicyclic) bond motifs is 1. The number of carbonyl (C=O) groups is 3. The summed E-state index contributed by atoms with van der Waals surface area (Å²) in [7, 11) is 0. The van der Waals surface area contributed by atoms with Crippen LogP contribution in [0.5, 0.6) is 5.75 Å². The summed E-state index contributed by atoms with van der Waals surface area (Å²) in [6, 6.07) is 8.66. The number of hydrogen-bond acceptors (Lipinski definition) is 4. The first-order valence-corrected chi connectivity index (χ1v) is 8.96. The fraction of sp³-hybridized carbons (Fsp3) is 0.250. The number of nitrogens with one attached hydrogen (secondary N) is 1. The molecule has 1 heterocycles. The van der Waals surface area contributed by atoms with Gasteiger partial charge in [0.1, 0.15) is 5.75 Å². The number of benzene rings is 2. The Kier molecular flexibility index (Phi) is 5.19. The van der Waals surface area contributed by atoms with Gasteiger partial charge in [-0.3, -0.25) is 19.3 Å². The van der Waals surface area contributed by atoms with Crippen molar-refractivity contribution in [3.05, 3.63) is 58.1 Å². The van der Waals surface area contributed by atoms with E-state index in [4.69, 9.17) is 11.6 Å². The van der Waals surface area contributed by atoms with Crippen molar-refractivity contribution in [3.63, 3.8) is 0 Å². The second-order valence-electron chi connectivity index (χ2n) is 6.82. The Morgan fingerprint density at radius 2 is 1.81 bits per heavy atom. The normalized spacial score (nSPS) is 13.3. The lowest BCUT2D eigenvalue weighted by molar-refractivity contribution is 0.0647. The zero-order chi connectivity index (χ0) is 19.7. The standard InChI is InChI=1S/C20H19ClN2O4/c1-11(2)7-8-23-19(26)14-5-3-12(9-15(14)20(23)27)18(25)22-16-10-13(21)4-6-17(16)24/h3-6,9-11,24H,7-8H2,1-2H3,(H,22,25). The fourth-order valence-electron chi connectivity index (χ4n) is 2.83. The van der Waals surface area contributed by atoms with Crippen LogP contribution >= 0.6 is 11.6 Å². The van der Waals surface area contributed by atoms with E-state index in [1.165, 1.54) is 41.3 Å². The number of hydrogen-bond donors (Lipinski definition) is 2. The molecule has 0 aromatic heterocycles. The number of imide groups is 1. The summed E-state index contributed by atoms with van der Waals surface area (Å²) in [6.45, 7) is 4.39. The third-order valence-corrected chi connectivity index (χ3v) is 4.60. The van der Waals surface area contributed by atoms with Crippen molar-refractivity contribution in [1.29, 1.82) is 0 Å². The Labute approximate surface area is 161 Å². The number of phenolic OH excluding ortho intramolecular Hbond substituents is 1. The van der Waals surface area contributed by atoms with Gasteiger partial charge in [-0.1, -0.05) is 25.4 Å². The van der Waals surface area contributed by atoms with Gasteiger partial charge in [0.15, 0.2) is 0 Å². The van der Waals surface area contributed by atoms with Crippen LogP contribution in [0.1, 0.15) is 51.3 Å². The number of aromatic hydroxyl groups is 1. The average molecular weight is 387 g/mol. The van der Waals surface area contributed by atoms with Crippen LogP contribution in [0.15, 0.2) is 36.4 Å². The highest BCUT2D eigenvalue weighted by molar-refractivity contribution is 6.31. The van der Waals surface area contributed by atoms with Gasteiger partial charge >= 0.3 is 0 Å². The summed E-state index contributed by atoms with van der Waals surface area (Å²) in [4.78, 5) is 38.7. The molecule has 2 aromatic rings. The molecular formula is C20H19ClN2O4. The van der Waals surface area contributed by atoms with E-state index in [0.717, 1.165) is 0 Å². The summed E-state index contributed by atoms with van der Waals surface area (Å²) >= 11 is 5.88. The number of nitrogens with zero attached hydrogens (tertiary/aromatic N) is 1. The van der Waals surface area contributed by atoms with Crippen molar-refractivity contribution in [2.75, 3.05) is 11.9 Å². The van der Waals surface area contributed by atoms with Crippen LogP contribution in [0.4, 0.5) is 5.69 Å². The maximum absolute atomic E-state index is 12.6. The van der Waals surface area contributed by atoms with E-state index in [2.05, 4.69) is 5.32 Å². The molecule has 1 aliphatic heterocycles. The van der Waals surface area contributed by atoms with E-state index in [1.54, 1.807) is 0 Å². The van der Waals surface area contributed by atoms with Crippen LogP contribution in [0.3, 0.4) is 0 Å². The molecule has 0 saturated heterocycles. The minimum Gasteiger partial charge on any atom is -0.506 e. The molecule has 0 unspecified atom stereocenters. The molecular weight excluding hydrogens is 368 g/mol. The molecule has 6 nitrogen and oxygen atoms in total. The van der Waals surface area contributed by atoms with Crippen LogP contribution < -0.4 is 5.32 Å². The van der Waals surface area contributed by atoms with Gasteiger partial charge in [-0.05, 0) is 48.7 Å². The van der Waals surface area contributed by atoms with Gasteiger partial charge in [0.2, 0.25) is 0 Å². The third kappa shape index (κ3) is 3.80. The van der Waals surface area contributed by atoms with Crippen molar-refractivity contribution in [1.82, 2.24) is 4.90 Å². The monoisotopic (exact) mass is 386 g/mol. The number of halogens is 1. The van der Waals surface area contributed by atoms with E-state index < -0.39 is 11.8 Å². The van der Waals surface area contributed by atoms with E-state index in [1.807, 2.05) is 13.8 Å². The van der Waals surface area contributed by atoms with Gasteiger partial charge in [0.25, 0.3) is 17.7 Å². The molecule has 3 rings (SSSR count). The predicted octanol–water partition coefficient (Wildman–Crippen LogP) is 3.94. The number of anilines is 1. The largest absolute Gasteiger partial charge is 0.506 e. The summed E-state index contributed by atoms with van der Waals surface area (Å²) < 4.78 is 0. The molecule has 2 aromatic carbocycles. The Balaban J connectivity index is 1.83. The fourth-order valence-corrected chi connectivity index (χ4v) is 3.00. The number of carbonyl (C=O) groups excluding carboxylic acids is 3. The van der Waals surface area contributed by atoms with Crippen molar-refractivity contribution >= 4 is 35.0 Å². The second kappa shape index (κ2) is 7.40. The lowest BCUT2D eigenvalue weighted by atomic mass is 10.1. The molecule has 0 fully saturated rings. The molecule has 0 spiro atoms. The Hall–Kier alpha value is -2.86. The number of amides is 3. The van der Waals surface area contributed by atoms with Crippen molar-refractivity contribution in [2.24, 2.45) is 5.92 Å². The van der Waals surface area contributed by atoms with E-state index in [-0.39, 0.29) is 28.5 Å². The van der Waals surface area contributed by atoms with Crippen LogP contribution in [-0.2, 0) is 0 Å². The summed E-state index contributed by atoms with van der Waals surface area (Å²) in [6.07, 6.45) is 0.715. The van der Waals surface area contributed by atoms with Crippen LogP contribution in [0.25, 0.3) is 0 Å². The van der Waals surface area contributed by atoms with Crippen molar-refractivity contribution < 1.29 is 19.5 Å². The maximum Gasteiger partial charge on any atom is 0.261 e. The van der Waals surface area contributed by atoms with E-state index in [0.29, 0.717) is 29.5 Å². The molecule has 0 bridgehead atoms. The first kappa shape index (κ1) is 18.9. The molecule has 1 aliphatic rings. The zero-order valence-corrected chi connectivity index (χ0v) is 15.7. The number of phenols is 1. The first-order chi connectivity index (χ1) is 12.8. The number of rotatable bonds is 5. The van der Waals surface area contributed by atoms with Crippen LogP contribution in [0, 0.1) is 5.92 Å². The van der Waals surface area contributed by atoms with Gasteiger partial charge in [0, 0.05) is 17.1 Å². The van der Waals surface area contributed by atoms with Gasteiger partial charge < -0.3 is 10.4 Å². The Bertz CT molecular complexity index is 940.